The molecule has 5 heteroatoms. The number of hydrogen-bond donors (Lipinski definition) is 2. The number of aromatic hydroxyl groups is 1. The number of ether oxygens (including phenoxy) is 2. The molecule has 0 saturated carbocycles. The third-order valence-corrected chi connectivity index (χ3v) is 4.16. The maximum Gasteiger partial charge on any atom is 0.348 e. The van der Waals surface area contributed by atoms with E-state index in [1.54, 1.807) is 37.4 Å². The number of benzene rings is 2. The van der Waals surface area contributed by atoms with Crippen molar-refractivity contribution >= 4 is 16.7 Å². The van der Waals surface area contributed by atoms with Crippen LogP contribution >= 0.6 is 0 Å². The zero-order valence-corrected chi connectivity index (χ0v) is 14.3. The number of carbonyl (C=O) groups is 1. The molecule has 5 nitrogen and oxygen atoms in total. The van der Waals surface area contributed by atoms with Crippen LogP contribution in [0.1, 0.15) is 39.5 Å². The minimum atomic E-state index is -1.32. The van der Waals surface area contributed by atoms with E-state index in [0.29, 0.717) is 36.8 Å². The molecule has 24 heavy (non-hydrogen) atoms. The first-order chi connectivity index (χ1) is 11.5. The number of carboxylic acid groups (broad SMARTS) is 1. The van der Waals surface area contributed by atoms with E-state index in [2.05, 4.69) is 0 Å². The van der Waals surface area contributed by atoms with Crippen molar-refractivity contribution in [1.29, 1.82) is 0 Å². The number of phenolic OH excluding ortho intramolecular Hbond substituents is 1. The molecule has 0 heterocycles. The summed E-state index contributed by atoms with van der Waals surface area (Å²) in [5.41, 5.74) is -1.32. The normalized spacial score (nSPS) is 11.5. The Labute approximate surface area is 141 Å². The summed E-state index contributed by atoms with van der Waals surface area (Å²) in [6, 6.07) is 8.69. The van der Waals surface area contributed by atoms with Gasteiger partial charge in [0.25, 0.3) is 0 Å². The molecular weight excluding hydrogens is 308 g/mol. The molecule has 0 unspecified atom stereocenters. The Morgan fingerprint density at radius 2 is 1.79 bits per heavy atom. The van der Waals surface area contributed by atoms with Gasteiger partial charge >= 0.3 is 5.97 Å². The van der Waals surface area contributed by atoms with Gasteiger partial charge in [-0.2, -0.15) is 0 Å². The molecule has 130 valence electrons. The number of fused-ring (bicyclic) bond motifs is 1. The maximum absolute atomic E-state index is 11.8. The highest BCUT2D eigenvalue weighted by atomic mass is 16.5. The van der Waals surface area contributed by atoms with Gasteiger partial charge in [0.1, 0.15) is 5.75 Å². The first kappa shape index (κ1) is 17.9. The summed E-state index contributed by atoms with van der Waals surface area (Å²) in [6.45, 7) is 3.84. The molecule has 0 saturated heterocycles. The number of methoxy groups -OCH3 is 1. The van der Waals surface area contributed by atoms with Crippen LogP contribution in [-0.2, 0) is 4.79 Å². The van der Waals surface area contributed by atoms with Crippen LogP contribution in [0.4, 0.5) is 0 Å². The van der Waals surface area contributed by atoms with E-state index in [-0.39, 0.29) is 11.5 Å². The van der Waals surface area contributed by atoms with Crippen LogP contribution < -0.4 is 9.47 Å². The lowest BCUT2D eigenvalue weighted by Crippen LogP contribution is -2.44. The second-order valence-corrected chi connectivity index (χ2v) is 5.90. The average Bonchev–Trinajstić information content (AvgIpc) is 2.57. The molecule has 0 bridgehead atoms. The van der Waals surface area contributed by atoms with E-state index in [0.717, 1.165) is 5.39 Å². The molecule has 0 aliphatic rings. The molecule has 2 aromatic carbocycles. The molecule has 2 rings (SSSR count). The minimum Gasteiger partial charge on any atom is -0.504 e. The van der Waals surface area contributed by atoms with E-state index < -0.39 is 11.6 Å². The van der Waals surface area contributed by atoms with Crippen molar-refractivity contribution in [3.63, 3.8) is 0 Å². The second-order valence-electron chi connectivity index (χ2n) is 5.90. The predicted octanol–water partition coefficient (Wildman–Crippen LogP) is 4.36. The monoisotopic (exact) mass is 332 g/mol. The van der Waals surface area contributed by atoms with Crippen LogP contribution in [0.2, 0.25) is 0 Å². The first-order valence-corrected chi connectivity index (χ1v) is 8.19. The lowest BCUT2D eigenvalue weighted by Gasteiger charge is -2.30. The summed E-state index contributed by atoms with van der Waals surface area (Å²) in [5, 5.41) is 21.6. The molecule has 0 amide bonds. The van der Waals surface area contributed by atoms with Gasteiger partial charge in [0, 0.05) is 5.39 Å². The molecule has 0 atom stereocenters. The van der Waals surface area contributed by atoms with Gasteiger partial charge in [-0.1, -0.05) is 32.8 Å². The zero-order chi connectivity index (χ0) is 17.7. The van der Waals surface area contributed by atoms with E-state index >= 15 is 0 Å². The van der Waals surface area contributed by atoms with Crippen LogP contribution in [0.5, 0.6) is 17.2 Å². The number of hydrogen-bond acceptors (Lipinski definition) is 4. The summed E-state index contributed by atoms with van der Waals surface area (Å²) >= 11 is 0. The van der Waals surface area contributed by atoms with E-state index in [9.17, 15) is 15.0 Å². The molecule has 0 spiro atoms. The lowest BCUT2D eigenvalue weighted by molar-refractivity contribution is -0.157. The fourth-order valence-electron chi connectivity index (χ4n) is 2.98. The van der Waals surface area contributed by atoms with E-state index in [1.165, 1.54) is 0 Å². The Morgan fingerprint density at radius 3 is 2.33 bits per heavy atom. The van der Waals surface area contributed by atoms with Crippen molar-refractivity contribution in [3.05, 3.63) is 30.3 Å². The van der Waals surface area contributed by atoms with Crippen molar-refractivity contribution in [2.75, 3.05) is 7.11 Å². The molecule has 0 fully saturated rings. The van der Waals surface area contributed by atoms with Crippen LogP contribution in [-0.4, -0.2) is 28.9 Å². The molecule has 0 aliphatic heterocycles. The molecule has 0 radical (unpaired) electrons. The third-order valence-electron chi connectivity index (χ3n) is 4.16. The van der Waals surface area contributed by atoms with Crippen LogP contribution in [0, 0.1) is 0 Å². The topological polar surface area (TPSA) is 76.0 Å². The van der Waals surface area contributed by atoms with Crippen LogP contribution in [0.25, 0.3) is 10.8 Å². The largest absolute Gasteiger partial charge is 0.504 e. The number of rotatable bonds is 8. The Morgan fingerprint density at radius 1 is 1.12 bits per heavy atom. The van der Waals surface area contributed by atoms with Gasteiger partial charge in [0.2, 0.25) is 5.60 Å². The van der Waals surface area contributed by atoms with Crippen LogP contribution in [0.15, 0.2) is 30.3 Å². The fraction of sp³-hybridized carbons (Fsp3) is 0.421. The van der Waals surface area contributed by atoms with E-state index in [4.69, 9.17) is 9.47 Å². The molecule has 0 aliphatic carbocycles. The Hall–Kier alpha value is -2.43. The quantitative estimate of drug-likeness (QED) is 0.751. The SMILES string of the molecule is CCCC(CCC)(Oc1ccc2cc(OC)ccc2c1O)C(=O)O. The summed E-state index contributed by atoms with van der Waals surface area (Å²) in [4.78, 5) is 11.8. The first-order valence-electron chi connectivity index (χ1n) is 8.19. The lowest BCUT2D eigenvalue weighted by atomic mass is 9.92. The van der Waals surface area contributed by atoms with Gasteiger partial charge in [-0.25, -0.2) is 4.79 Å². The number of phenols is 1. The molecular formula is C19H24O5. The van der Waals surface area contributed by atoms with Gasteiger partial charge in [-0.05, 0) is 42.5 Å². The highest BCUT2D eigenvalue weighted by Crippen LogP contribution is 2.39. The average molecular weight is 332 g/mol. The summed E-state index contributed by atoms with van der Waals surface area (Å²) in [5.74, 6) is -0.169. The predicted molar refractivity (Wildman–Crippen MR) is 93.0 cm³/mol. The molecule has 0 aromatic heterocycles. The van der Waals surface area contributed by atoms with Gasteiger partial charge in [-0.15, -0.1) is 0 Å². The van der Waals surface area contributed by atoms with Crippen molar-refractivity contribution in [2.24, 2.45) is 0 Å². The van der Waals surface area contributed by atoms with Crippen molar-refractivity contribution in [2.45, 2.75) is 45.1 Å². The smallest absolute Gasteiger partial charge is 0.348 e. The standard InChI is InChI=1S/C19H24O5/c1-4-10-19(11-5-2,18(21)22)24-16-9-6-13-12-14(23-3)7-8-15(13)17(16)20/h6-9,12,20H,4-5,10-11H2,1-3H3,(H,21,22). The maximum atomic E-state index is 11.8. The summed E-state index contributed by atoms with van der Waals surface area (Å²) in [6.07, 6.45) is 2.13. The van der Waals surface area contributed by atoms with Gasteiger partial charge in [0.05, 0.1) is 7.11 Å². The summed E-state index contributed by atoms with van der Waals surface area (Å²) < 4.78 is 11.0. The van der Waals surface area contributed by atoms with Crippen molar-refractivity contribution in [1.82, 2.24) is 0 Å². The number of aliphatic carboxylic acids is 1. The highest BCUT2D eigenvalue weighted by Gasteiger charge is 2.40. The van der Waals surface area contributed by atoms with Gasteiger partial charge < -0.3 is 19.7 Å². The number of carboxylic acids is 1. The second kappa shape index (κ2) is 7.43. The molecule has 2 N–H and O–H groups in total. The van der Waals surface area contributed by atoms with Gasteiger partial charge in [-0.3, -0.25) is 0 Å². The van der Waals surface area contributed by atoms with Gasteiger partial charge in [0.15, 0.2) is 11.5 Å². The van der Waals surface area contributed by atoms with Crippen LogP contribution in [0.3, 0.4) is 0 Å². The Bertz CT molecular complexity index is 717. The van der Waals surface area contributed by atoms with Crippen molar-refractivity contribution < 1.29 is 24.5 Å². The highest BCUT2D eigenvalue weighted by molar-refractivity contribution is 5.91. The Balaban J connectivity index is 2.46. The van der Waals surface area contributed by atoms with E-state index in [1.807, 2.05) is 13.8 Å². The fourth-order valence-corrected chi connectivity index (χ4v) is 2.98. The molecule has 2 aromatic rings. The minimum absolute atomic E-state index is 0.0482. The zero-order valence-electron chi connectivity index (χ0n) is 14.3. The van der Waals surface area contributed by atoms with Crippen molar-refractivity contribution in [3.8, 4) is 17.2 Å². The third kappa shape index (κ3) is 3.40. The Kier molecular flexibility index (Phi) is 5.54. The summed E-state index contributed by atoms with van der Waals surface area (Å²) in [7, 11) is 1.58.